The van der Waals surface area contributed by atoms with Crippen molar-refractivity contribution in [2.75, 3.05) is 20.8 Å². The zero-order valence-electron chi connectivity index (χ0n) is 17.0. The zero-order chi connectivity index (χ0) is 20.7. The molecule has 0 saturated heterocycles. The SMILES string of the molecule is COc1cc2c(cc1OC)C(c1cc3cccc(C)c3[nH]c1=O)N(C(C)=O)CC2. The molecule has 0 saturated carbocycles. The largest absolute Gasteiger partial charge is 0.493 e. The van der Waals surface area contributed by atoms with Crippen molar-refractivity contribution in [1.82, 2.24) is 9.88 Å². The van der Waals surface area contributed by atoms with Gasteiger partial charge in [0, 0.05) is 19.0 Å². The first kappa shape index (κ1) is 19.1. The van der Waals surface area contributed by atoms with Crippen LogP contribution in [0, 0.1) is 6.92 Å². The highest BCUT2D eigenvalue weighted by Gasteiger charge is 2.33. The van der Waals surface area contributed by atoms with E-state index in [1.807, 2.05) is 43.3 Å². The number of carbonyl (C=O) groups excluding carboxylic acids is 1. The number of ether oxygens (including phenoxy) is 2. The molecule has 2 heterocycles. The fraction of sp³-hybridized carbons (Fsp3) is 0.304. The number of fused-ring (bicyclic) bond motifs is 2. The summed E-state index contributed by atoms with van der Waals surface area (Å²) in [6, 6.07) is 11.1. The lowest BCUT2D eigenvalue weighted by molar-refractivity contribution is -0.130. The molecule has 1 aliphatic heterocycles. The van der Waals surface area contributed by atoms with Crippen molar-refractivity contribution in [2.45, 2.75) is 26.3 Å². The Labute approximate surface area is 169 Å². The number of amides is 1. The van der Waals surface area contributed by atoms with E-state index in [9.17, 15) is 9.59 Å². The number of carbonyl (C=O) groups is 1. The summed E-state index contributed by atoms with van der Waals surface area (Å²) in [6.45, 7) is 4.04. The van der Waals surface area contributed by atoms with Gasteiger partial charge in [0.15, 0.2) is 11.5 Å². The van der Waals surface area contributed by atoms with Crippen LogP contribution in [0.5, 0.6) is 11.5 Å². The highest BCUT2D eigenvalue weighted by atomic mass is 16.5. The van der Waals surface area contributed by atoms with Crippen LogP contribution in [0.15, 0.2) is 41.2 Å². The molecule has 1 unspecified atom stereocenters. The van der Waals surface area contributed by atoms with Gasteiger partial charge in [-0.05, 0) is 53.6 Å². The highest BCUT2D eigenvalue weighted by Crippen LogP contribution is 2.40. The lowest BCUT2D eigenvalue weighted by Gasteiger charge is -2.37. The minimum Gasteiger partial charge on any atom is -0.493 e. The second-order valence-corrected chi connectivity index (χ2v) is 7.36. The molecule has 0 bridgehead atoms. The molecule has 1 amide bonds. The van der Waals surface area contributed by atoms with E-state index in [0.717, 1.165) is 27.6 Å². The van der Waals surface area contributed by atoms with E-state index in [2.05, 4.69) is 4.98 Å². The third kappa shape index (κ3) is 3.14. The summed E-state index contributed by atoms with van der Waals surface area (Å²) in [5.41, 5.74) is 4.12. The van der Waals surface area contributed by atoms with Gasteiger partial charge < -0.3 is 19.4 Å². The van der Waals surface area contributed by atoms with E-state index >= 15 is 0 Å². The van der Waals surface area contributed by atoms with Gasteiger partial charge in [-0.3, -0.25) is 9.59 Å². The van der Waals surface area contributed by atoms with E-state index in [0.29, 0.717) is 30.0 Å². The third-order valence-corrected chi connectivity index (χ3v) is 5.69. The first-order valence-electron chi connectivity index (χ1n) is 9.59. The monoisotopic (exact) mass is 392 g/mol. The predicted molar refractivity (Wildman–Crippen MR) is 112 cm³/mol. The van der Waals surface area contributed by atoms with E-state index in [1.54, 1.807) is 19.1 Å². The maximum absolute atomic E-state index is 13.1. The Kier molecular flexibility index (Phi) is 4.78. The van der Waals surface area contributed by atoms with Crippen molar-refractivity contribution in [1.29, 1.82) is 0 Å². The number of hydrogen-bond acceptors (Lipinski definition) is 4. The van der Waals surface area contributed by atoms with Crippen LogP contribution in [0.4, 0.5) is 0 Å². The average Bonchev–Trinajstić information content (AvgIpc) is 2.72. The maximum Gasteiger partial charge on any atom is 0.254 e. The lowest BCUT2D eigenvalue weighted by atomic mass is 9.87. The summed E-state index contributed by atoms with van der Waals surface area (Å²) >= 11 is 0. The van der Waals surface area contributed by atoms with Crippen LogP contribution < -0.4 is 15.0 Å². The fourth-order valence-electron chi connectivity index (χ4n) is 4.22. The second kappa shape index (κ2) is 7.28. The number of para-hydroxylation sites is 1. The summed E-state index contributed by atoms with van der Waals surface area (Å²) < 4.78 is 10.9. The van der Waals surface area contributed by atoms with Gasteiger partial charge in [-0.1, -0.05) is 18.2 Å². The molecule has 1 N–H and O–H groups in total. The Morgan fingerprint density at radius 2 is 1.83 bits per heavy atom. The molecule has 1 aromatic heterocycles. The van der Waals surface area contributed by atoms with Crippen LogP contribution in [0.3, 0.4) is 0 Å². The molecule has 150 valence electrons. The zero-order valence-corrected chi connectivity index (χ0v) is 17.0. The highest BCUT2D eigenvalue weighted by molar-refractivity contribution is 5.82. The van der Waals surface area contributed by atoms with Gasteiger partial charge in [0.2, 0.25) is 5.91 Å². The van der Waals surface area contributed by atoms with Gasteiger partial charge in [0.1, 0.15) is 0 Å². The number of aryl methyl sites for hydroxylation is 1. The van der Waals surface area contributed by atoms with Gasteiger partial charge in [-0.25, -0.2) is 0 Å². The Morgan fingerprint density at radius 3 is 2.52 bits per heavy atom. The first-order valence-corrected chi connectivity index (χ1v) is 9.59. The fourth-order valence-corrected chi connectivity index (χ4v) is 4.22. The van der Waals surface area contributed by atoms with E-state index in [4.69, 9.17) is 9.47 Å². The van der Waals surface area contributed by atoms with Crippen LogP contribution in [-0.4, -0.2) is 36.6 Å². The molecule has 0 fully saturated rings. The number of pyridine rings is 1. The molecule has 3 aromatic rings. The van der Waals surface area contributed by atoms with Gasteiger partial charge >= 0.3 is 0 Å². The number of aromatic nitrogens is 1. The van der Waals surface area contributed by atoms with Crippen molar-refractivity contribution in [3.63, 3.8) is 0 Å². The molecular weight excluding hydrogens is 368 g/mol. The van der Waals surface area contributed by atoms with Crippen LogP contribution in [0.2, 0.25) is 0 Å². The molecule has 4 rings (SSSR count). The second-order valence-electron chi connectivity index (χ2n) is 7.36. The van der Waals surface area contributed by atoms with Crippen LogP contribution >= 0.6 is 0 Å². The molecule has 0 aliphatic carbocycles. The molecule has 6 heteroatoms. The molecule has 0 radical (unpaired) electrons. The Bertz CT molecular complexity index is 1170. The quantitative estimate of drug-likeness (QED) is 0.742. The molecule has 2 aromatic carbocycles. The Hall–Kier alpha value is -3.28. The molecule has 6 nitrogen and oxygen atoms in total. The minimum absolute atomic E-state index is 0.0702. The minimum atomic E-state index is -0.482. The summed E-state index contributed by atoms with van der Waals surface area (Å²) in [6.07, 6.45) is 0.691. The summed E-state index contributed by atoms with van der Waals surface area (Å²) in [5.74, 6) is 1.15. The van der Waals surface area contributed by atoms with Gasteiger partial charge in [-0.15, -0.1) is 0 Å². The first-order chi connectivity index (χ1) is 13.9. The topological polar surface area (TPSA) is 71.6 Å². The predicted octanol–water partition coefficient (Wildman–Crippen LogP) is 3.35. The van der Waals surface area contributed by atoms with Gasteiger partial charge in [0.25, 0.3) is 5.56 Å². The number of methoxy groups -OCH3 is 2. The van der Waals surface area contributed by atoms with Crippen LogP contribution in [0.25, 0.3) is 10.9 Å². The van der Waals surface area contributed by atoms with Crippen molar-refractivity contribution in [3.05, 3.63) is 69.0 Å². The van der Waals surface area contributed by atoms with Gasteiger partial charge in [-0.2, -0.15) is 0 Å². The van der Waals surface area contributed by atoms with Crippen molar-refractivity contribution >= 4 is 16.8 Å². The number of aromatic amines is 1. The van der Waals surface area contributed by atoms with Crippen molar-refractivity contribution in [2.24, 2.45) is 0 Å². The lowest BCUT2D eigenvalue weighted by Crippen LogP contribution is -2.41. The number of H-pyrrole nitrogens is 1. The molecule has 1 atom stereocenters. The summed E-state index contributed by atoms with van der Waals surface area (Å²) in [5, 5.41) is 0.940. The summed E-state index contributed by atoms with van der Waals surface area (Å²) in [7, 11) is 3.18. The number of hydrogen-bond donors (Lipinski definition) is 1. The normalized spacial score (nSPS) is 15.9. The third-order valence-electron chi connectivity index (χ3n) is 5.69. The molecular formula is C23H24N2O4. The molecule has 0 spiro atoms. The van der Waals surface area contributed by atoms with Gasteiger partial charge in [0.05, 0.1) is 25.8 Å². The maximum atomic E-state index is 13.1. The Morgan fingerprint density at radius 1 is 1.10 bits per heavy atom. The van der Waals surface area contributed by atoms with Crippen molar-refractivity contribution < 1.29 is 14.3 Å². The number of nitrogens with one attached hydrogen (secondary N) is 1. The van der Waals surface area contributed by atoms with E-state index in [1.165, 1.54) is 6.92 Å². The van der Waals surface area contributed by atoms with Crippen molar-refractivity contribution in [3.8, 4) is 11.5 Å². The standard InChI is InChI=1S/C23H24N2O4/c1-13-6-5-7-16-10-18(23(27)24-21(13)16)22-17-12-20(29-4)19(28-3)11-15(17)8-9-25(22)14(2)26/h5-7,10-12,22H,8-9H2,1-4H3,(H,24,27). The smallest absolute Gasteiger partial charge is 0.254 e. The number of benzene rings is 2. The van der Waals surface area contributed by atoms with E-state index in [-0.39, 0.29) is 11.5 Å². The molecule has 1 aliphatic rings. The number of rotatable bonds is 3. The van der Waals surface area contributed by atoms with Crippen LogP contribution in [0.1, 0.15) is 35.2 Å². The Balaban J connectivity index is 1.98. The summed E-state index contributed by atoms with van der Waals surface area (Å²) in [4.78, 5) is 30.3. The number of nitrogens with zero attached hydrogens (tertiary/aromatic N) is 1. The average molecular weight is 392 g/mol. The molecule has 29 heavy (non-hydrogen) atoms. The van der Waals surface area contributed by atoms with E-state index < -0.39 is 6.04 Å². The van der Waals surface area contributed by atoms with Crippen LogP contribution in [-0.2, 0) is 11.2 Å².